The Kier molecular flexibility index (Phi) is 6.56. The molecule has 1 aromatic carbocycles. The molecule has 0 aliphatic carbocycles. The summed E-state index contributed by atoms with van der Waals surface area (Å²) < 4.78 is 5.04. The largest absolute Gasteiger partial charge is 0.382 e. The average Bonchev–Trinajstić information content (AvgIpc) is 2.38. The molecule has 0 radical (unpaired) electrons. The number of ether oxygens (including phenoxy) is 1. The summed E-state index contributed by atoms with van der Waals surface area (Å²) in [5.74, 6) is 5.99. The molecule has 1 unspecified atom stereocenters. The molecule has 0 aliphatic heterocycles. The second-order valence-electron chi connectivity index (χ2n) is 3.75. The van der Waals surface area contributed by atoms with Crippen molar-refractivity contribution in [1.82, 2.24) is 5.43 Å². The van der Waals surface area contributed by atoms with Gasteiger partial charge in [0.15, 0.2) is 0 Å². The first kappa shape index (κ1) is 14.8. The third-order valence-electron chi connectivity index (χ3n) is 2.25. The molecule has 0 saturated carbocycles. The minimum Gasteiger partial charge on any atom is -0.382 e. The number of hydrazine groups is 1. The molecule has 5 nitrogen and oxygen atoms in total. The van der Waals surface area contributed by atoms with E-state index in [4.69, 9.17) is 10.6 Å². The number of benzene rings is 1. The fourth-order valence-electron chi connectivity index (χ4n) is 1.48. The Bertz CT molecular complexity index is 397. The minimum atomic E-state index is 0.0370. The van der Waals surface area contributed by atoms with Crippen LogP contribution in [0.2, 0.25) is 0 Å². The highest BCUT2D eigenvalue weighted by Crippen LogP contribution is 2.24. The Morgan fingerprint density at radius 2 is 2.22 bits per heavy atom. The Balaban J connectivity index is 2.79. The summed E-state index contributed by atoms with van der Waals surface area (Å²) in [6.45, 7) is 2.51. The number of hydrogen-bond acceptors (Lipinski definition) is 4. The number of guanidine groups is 1. The average molecular weight is 268 g/mol. The van der Waals surface area contributed by atoms with Gasteiger partial charge < -0.3 is 10.1 Å². The Morgan fingerprint density at radius 1 is 1.50 bits per heavy atom. The van der Waals surface area contributed by atoms with Crippen molar-refractivity contribution in [3.63, 3.8) is 0 Å². The van der Waals surface area contributed by atoms with Crippen molar-refractivity contribution in [2.75, 3.05) is 25.3 Å². The maximum Gasteiger partial charge on any atom is 0.210 e. The van der Waals surface area contributed by atoms with Crippen molar-refractivity contribution in [2.45, 2.75) is 17.9 Å². The van der Waals surface area contributed by atoms with Gasteiger partial charge in [-0.1, -0.05) is 12.1 Å². The van der Waals surface area contributed by atoms with Crippen molar-refractivity contribution in [1.29, 1.82) is 0 Å². The van der Waals surface area contributed by atoms with E-state index in [1.165, 1.54) is 0 Å². The topological polar surface area (TPSA) is 71.7 Å². The van der Waals surface area contributed by atoms with Gasteiger partial charge in [-0.05, 0) is 25.3 Å². The minimum absolute atomic E-state index is 0.0370. The summed E-state index contributed by atoms with van der Waals surface area (Å²) in [6.07, 6.45) is 2.03. The van der Waals surface area contributed by atoms with Gasteiger partial charge in [0.1, 0.15) is 0 Å². The van der Waals surface area contributed by atoms with E-state index in [-0.39, 0.29) is 6.04 Å². The molecule has 1 rings (SSSR count). The zero-order chi connectivity index (χ0) is 13.4. The Labute approximate surface area is 112 Å². The third kappa shape index (κ3) is 4.56. The monoisotopic (exact) mass is 268 g/mol. The second-order valence-corrected chi connectivity index (χ2v) is 4.60. The molecule has 0 fully saturated rings. The lowest BCUT2D eigenvalue weighted by atomic mass is 10.3. The lowest BCUT2D eigenvalue weighted by Gasteiger charge is -2.14. The molecular formula is C12H20N4OS. The van der Waals surface area contributed by atoms with Crippen LogP contribution < -0.4 is 16.6 Å². The SMILES string of the molecule is COCC(C)N=C(NN)Nc1ccccc1SC. The molecule has 18 heavy (non-hydrogen) atoms. The van der Waals surface area contributed by atoms with Gasteiger partial charge in [-0.3, -0.25) is 5.43 Å². The van der Waals surface area contributed by atoms with Crippen LogP contribution in [0.3, 0.4) is 0 Å². The predicted octanol–water partition coefficient (Wildman–Crippen LogP) is 1.67. The van der Waals surface area contributed by atoms with Crippen LogP contribution in [0.5, 0.6) is 0 Å². The molecule has 1 aromatic rings. The quantitative estimate of drug-likeness (QED) is 0.249. The van der Waals surface area contributed by atoms with Crippen molar-refractivity contribution < 1.29 is 4.74 Å². The first-order valence-electron chi connectivity index (χ1n) is 5.64. The number of thioether (sulfide) groups is 1. The highest BCUT2D eigenvalue weighted by Gasteiger charge is 2.05. The molecular weight excluding hydrogens is 248 g/mol. The fourth-order valence-corrected chi connectivity index (χ4v) is 2.03. The van der Waals surface area contributed by atoms with Crippen LogP contribution in [0.15, 0.2) is 34.2 Å². The maximum atomic E-state index is 5.47. The number of nitrogens with two attached hydrogens (primary N) is 1. The van der Waals surface area contributed by atoms with Crippen LogP contribution in [0.1, 0.15) is 6.92 Å². The summed E-state index contributed by atoms with van der Waals surface area (Å²) in [7, 11) is 1.65. The first-order valence-corrected chi connectivity index (χ1v) is 6.87. The van der Waals surface area contributed by atoms with Gasteiger partial charge in [0.05, 0.1) is 18.3 Å². The van der Waals surface area contributed by atoms with Crippen LogP contribution in [0.25, 0.3) is 0 Å². The summed E-state index contributed by atoms with van der Waals surface area (Å²) in [6, 6.07) is 8.03. The molecule has 0 heterocycles. The van der Waals surface area contributed by atoms with Crippen LogP contribution >= 0.6 is 11.8 Å². The zero-order valence-corrected chi connectivity index (χ0v) is 11.8. The number of hydrogen-bond donors (Lipinski definition) is 3. The molecule has 4 N–H and O–H groups in total. The molecule has 100 valence electrons. The molecule has 6 heteroatoms. The van der Waals surface area contributed by atoms with E-state index in [1.807, 2.05) is 37.4 Å². The molecule has 0 amide bonds. The molecule has 0 aliphatic rings. The lowest BCUT2D eigenvalue weighted by molar-refractivity contribution is 0.185. The van der Waals surface area contributed by atoms with Crippen LogP contribution in [-0.2, 0) is 4.74 Å². The summed E-state index contributed by atoms with van der Waals surface area (Å²) in [4.78, 5) is 5.53. The zero-order valence-electron chi connectivity index (χ0n) is 10.9. The number of anilines is 1. The van der Waals surface area contributed by atoms with E-state index in [0.717, 1.165) is 10.6 Å². The molecule has 0 bridgehead atoms. The molecule has 0 aromatic heterocycles. The van der Waals surface area contributed by atoms with E-state index in [2.05, 4.69) is 15.7 Å². The third-order valence-corrected chi connectivity index (χ3v) is 3.05. The van der Waals surface area contributed by atoms with Crippen molar-refractivity contribution in [2.24, 2.45) is 10.8 Å². The number of aliphatic imine (C=N–C) groups is 1. The molecule has 0 spiro atoms. The van der Waals surface area contributed by atoms with Crippen molar-refractivity contribution >= 4 is 23.4 Å². The van der Waals surface area contributed by atoms with E-state index >= 15 is 0 Å². The highest BCUT2D eigenvalue weighted by atomic mass is 32.2. The second kappa shape index (κ2) is 7.97. The van der Waals surface area contributed by atoms with E-state index in [1.54, 1.807) is 18.9 Å². The molecule has 1 atom stereocenters. The number of methoxy groups -OCH3 is 1. The number of rotatable bonds is 5. The fraction of sp³-hybridized carbons (Fsp3) is 0.417. The van der Waals surface area contributed by atoms with Gasteiger partial charge in [0, 0.05) is 12.0 Å². The smallest absolute Gasteiger partial charge is 0.210 e. The number of para-hydroxylation sites is 1. The van der Waals surface area contributed by atoms with Crippen molar-refractivity contribution in [3.05, 3.63) is 24.3 Å². The van der Waals surface area contributed by atoms with Crippen LogP contribution in [0.4, 0.5) is 5.69 Å². The van der Waals surface area contributed by atoms with Gasteiger partial charge in [0.2, 0.25) is 5.96 Å². The van der Waals surface area contributed by atoms with Gasteiger partial charge in [-0.15, -0.1) is 11.8 Å². The number of nitrogens with one attached hydrogen (secondary N) is 2. The van der Waals surface area contributed by atoms with E-state index < -0.39 is 0 Å². The summed E-state index contributed by atoms with van der Waals surface area (Å²) in [5.41, 5.74) is 3.54. The first-order chi connectivity index (χ1) is 8.71. The lowest BCUT2D eigenvalue weighted by Crippen LogP contribution is -2.37. The summed E-state index contributed by atoms with van der Waals surface area (Å²) >= 11 is 1.67. The van der Waals surface area contributed by atoms with E-state index in [0.29, 0.717) is 12.6 Å². The van der Waals surface area contributed by atoms with Gasteiger partial charge in [-0.2, -0.15) is 0 Å². The number of nitrogens with zero attached hydrogens (tertiary/aromatic N) is 1. The highest BCUT2D eigenvalue weighted by molar-refractivity contribution is 7.98. The summed E-state index contributed by atoms with van der Waals surface area (Å²) in [5, 5.41) is 3.18. The maximum absolute atomic E-state index is 5.47. The van der Waals surface area contributed by atoms with Crippen molar-refractivity contribution in [3.8, 4) is 0 Å². The van der Waals surface area contributed by atoms with Gasteiger partial charge in [-0.25, -0.2) is 10.8 Å². The van der Waals surface area contributed by atoms with Gasteiger partial charge in [0.25, 0.3) is 0 Å². The van der Waals surface area contributed by atoms with E-state index in [9.17, 15) is 0 Å². The Morgan fingerprint density at radius 3 is 2.83 bits per heavy atom. The predicted molar refractivity (Wildman–Crippen MR) is 77.9 cm³/mol. The molecule has 0 saturated heterocycles. The van der Waals surface area contributed by atoms with Crippen LogP contribution in [0, 0.1) is 0 Å². The standard InChI is InChI=1S/C12H20N4OS/c1-9(8-17-2)14-12(16-13)15-10-6-4-5-7-11(10)18-3/h4-7,9H,8,13H2,1-3H3,(H2,14,15,16). The normalized spacial score (nSPS) is 13.2. The van der Waals surface area contributed by atoms with Gasteiger partial charge >= 0.3 is 0 Å². The van der Waals surface area contributed by atoms with Crippen LogP contribution in [-0.4, -0.2) is 32.0 Å². The Hall–Kier alpha value is -1.24.